The maximum absolute atomic E-state index is 14.3. The van der Waals surface area contributed by atoms with Crippen molar-refractivity contribution in [1.29, 1.82) is 0 Å². The van der Waals surface area contributed by atoms with Crippen molar-refractivity contribution in [3.63, 3.8) is 0 Å². The van der Waals surface area contributed by atoms with Crippen molar-refractivity contribution in [2.75, 3.05) is 29.5 Å². The Morgan fingerprint density at radius 3 is 2.54 bits per heavy atom. The Hall–Kier alpha value is -3.15. The predicted octanol–water partition coefficient (Wildman–Crippen LogP) is 5.30. The van der Waals surface area contributed by atoms with E-state index in [0.29, 0.717) is 6.42 Å². The van der Waals surface area contributed by atoms with Crippen LogP contribution in [0.15, 0.2) is 77.9 Å². The Morgan fingerprint density at radius 1 is 1.00 bits per heavy atom. The average Bonchev–Trinajstić information content (AvgIpc) is 3.11. The first-order valence-electron chi connectivity index (χ1n) is 12.2. The molecule has 0 radical (unpaired) electrons. The lowest BCUT2D eigenvalue weighted by Gasteiger charge is -2.53. The quantitative estimate of drug-likeness (QED) is 0.506. The summed E-state index contributed by atoms with van der Waals surface area (Å²) in [6.07, 6.45) is 0.635. The van der Waals surface area contributed by atoms with Crippen molar-refractivity contribution in [3.05, 3.63) is 94.5 Å². The van der Waals surface area contributed by atoms with Gasteiger partial charge in [-0.05, 0) is 55.7 Å². The molecule has 1 fully saturated rings. The highest BCUT2D eigenvalue weighted by molar-refractivity contribution is 6.31. The first-order chi connectivity index (χ1) is 17.0. The van der Waals surface area contributed by atoms with E-state index in [0.717, 1.165) is 59.4 Å². The highest BCUT2D eigenvalue weighted by Gasteiger charge is 2.59. The number of aryl methyl sites for hydroxylation is 1. The molecule has 2 atom stereocenters. The topological polar surface area (TPSA) is 39.2 Å². The van der Waals surface area contributed by atoms with Crippen LogP contribution in [0, 0.1) is 12.3 Å². The molecule has 0 N–H and O–H groups in total. The summed E-state index contributed by atoms with van der Waals surface area (Å²) in [5, 5.41) is 7.23. The Bertz CT molecular complexity index is 1310. The molecule has 0 saturated carbocycles. The van der Waals surface area contributed by atoms with Gasteiger partial charge in [-0.3, -0.25) is 9.69 Å². The molecule has 35 heavy (non-hydrogen) atoms. The molecule has 5 nitrogen and oxygen atoms in total. The molecule has 3 aromatic carbocycles. The summed E-state index contributed by atoms with van der Waals surface area (Å²) in [4.78, 5) is 19.2. The van der Waals surface area contributed by atoms with Crippen LogP contribution in [0.1, 0.15) is 23.6 Å². The second-order valence-corrected chi connectivity index (χ2v) is 10.4. The van der Waals surface area contributed by atoms with Gasteiger partial charge in [-0.15, -0.1) is 0 Å². The number of hydrogen-bond donors (Lipinski definition) is 0. The number of carbonyl (C=O) groups excluding carboxylic acids is 1. The Kier molecular flexibility index (Phi) is 5.42. The van der Waals surface area contributed by atoms with E-state index in [4.69, 9.17) is 16.7 Å². The molecule has 3 aliphatic heterocycles. The van der Waals surface area contributed by atoms with E-state index >= 15 is 0 Å². The number of hydrogen-bond acceptors (Lipinski definition) is 4. The molecule has 0 unspecified atom stereocenters. The maximum atomic E-state index is 14.3. The van der Waals surface area contributed by atoms with Crippen LogP contribution >= 0.6 is 11.6 Å². The minimum atomic E-state index is -0.707. The summed E-state index contributed by atoms with van der Waals surface area (Å²) >= 11 is 6.43. The monoisotopic (exact) mass is 484 g/mol. The number of carbonyl (C=O) groups is 1. The van der Waals surface area contributed by atoms with Gasteiger partial charge in [-0.25, -0.2) is 0 Å². The fourth-order valence-electron chi connectivity index (χ4n) is 5.98. The van der Waals surface area contributed by atoms with Gasteiger partial charge in [0.1, 0.15) is 5.41 Å². The zero-order valence-electron chi connectivity index (χ0n) is 20.1. The van der Waals surface area contributed by atoms with Crippen LogP contribution in [0.25, 0.3) is 0 Å². The summed E-state index contributed by atoms with van der Waals surface area (Å²) in [5.41, 5.74) is 5.77. The van der Waals surface area contributed by atoms with Gasteiger partial charge in [0.2, 0.25) is 0 Å². The number of anilines is 2. The summed E-state index contributed by atoms with van der Waals surface area (Å²) in [5.74, 6) is 0.0658. The summed E-state index contributed by atoms with van der Waals surface area (Å²) < 4.78 is 0. The van der Waals surface area contributed by atoms with Crippen LogP contribution in [-0.2, 0) is 17.8 Å². The van der Waals surface area contributed by atoms with Gasteiger partial charge in [0.25, 0.3) is 5.91 Å². The Balaban J connectivity index is 1.41. The Morgan fingerprint density at radius 2 is 1.77 bits per heavy atom. The number of nitrogens with zero attached hydrogens (tertiary/aromatic N) is 4. The van der Waals surface area contributed by atoms with Gasteiger partial charge >= 0.3 is 0 Å². The molecule has 3 aromatic rings. The van der Waals surface area contributed by atoms with Gasteiger partial charge in [0.15, 0.2) is 0 Å². The number of halogens is 1. The lowest BCUT2D eigenvalue weighted by molar-refractivity contribution is -0.125. The van der Waals surface area contributed by atoms with Crippen LogP contribution in [-0.4, -0.2) is 42.2 Å². The third-order valence-corrected chi connectivity index (χ3v) is 8.09. The van der Waals surface area contributed by atoms with Crippen molar-refractivity contribution in [1.82, 2.24) is 4.90 Å². The predicted molar refractivity (Wildman–Crippen MR) is 142 cm³/mol. The maximum Gasteiger partial charge on any atom is 0.261 e. The van der Waals surface area contributed by atoms with Crippen LogP contribution in [0.3, 0.4) is 0 Å². The molecule has 1 amide bonds. The number of fused-ring (bicyclic) bond motifs is 4. The highest BCUT2D eigenvalue weighted by Crippen LogP contribution is 2.48. The number of piperazine rings is 1. The highest BCUT2D eigenvalue weighted by atomic mass is 35.5. The molecular formula is C29H29ClN4O. The third kappa shape index (κ3) is 3.65. The molecule has 0 aromatic heterocycles. The van der Waals surface area contributed by atoms with Crippen molar-refractivity contribution in [3.8, 4) is 0 Å². The average molecular weight is 485 g/mol. The van der Waals surface area contributed by atoms with Crippen molar-refractivity contribution < 1.29 is 4.79 Å². The smallest absolute Gasteiger partial charge is 0.261 e. The first kappa shape index (κ1) is 22.3. The third-order valence-electron chi connectivity index (χ3n) is 7.86. The standard InChI is InChI=1S/C29H29ClN4O/c1-20-8-12-25(13-9-20)34-28(35)29(21(2)31-34)17-23-10-11-24(30)16-26(23)33-15-14-32(19-27(29)33)18-22-6-4-3-5-7-22/h3-13,16,27H,14-15,17-19H2,1-2H3/t27-,29-/m0/s1. The van der Waals surface area contributed by atoms with E-state index in [1.54, 1.807) is 5.01 Å². The number of hydrazone groups is 1. The number of amides is 1. The number of rotatable bonds is 3. The lowest BCUT2D eigenvalue weighted by Crippen LogP contribution is -2.66. The van der Waals surface area contributed by atoms with Gasteiger partial charge in [0.05, 0.1) is 17.4 Å². The molecule has 1 saturated heterocycles. The molecule has 3 heterocycles. The fraction of sp³-hybridized carbons (Fsp3) is 0.310. The van der Waals surface area contributed by atoms with Crippen molar-refractivity contribution in [2.24, 2.45) is 10.5 Å². The summed E-state index contributed by atoms with van der Waals surface area (Å²) in [6.45, 7) is 7.52. The summed E-state index contributed by atoms with van der Waals surface area (Å²) in [7, 11) is 0. The largest absolute Gasteiger partial charge is 0.364 e. The minimum Gasteiger partial charge on any atom is -0.364 e. The van der Waals surface area contributed by atoms with Crippen LogP contribution in [0.5, 0.6) is 0 Å². The molecule has 3 aliphatic rings. The molecule has 6 rings (SSSR count). The van der Waals surface area contributed by atoms with E-state index in [9.17, 15) is 4.79 Å². The molecule has 0 aliphatic carbocycles. The first-order valence-corrected chi connectivity index (χ1v) is 12.6. The SMILES string of the molecule is CC1=NN(c2ccc(C)cc2)C(=O)[C@@]12Cc1ccc(Cl)cc1N1CCN(Cc3ccccc3)C[C@H]12. The van der Waals surface area contributed by atoms with Crippen molar-refractivity contribution in [2.45, 2.75) is 32.9 Å². The molecular weight excluding hydrogens is 456 g/mol. The Labute approximate surface area is 211 Å². The summed E-state index contributed by atoms with van der Waals surface area (Å²) in [6, 6.07) is 24.7. The molecule has 6 heteroatoms. The zero-order chi connectivity index (χ0) is 24.2. The van der Waals surface area contributed by atoms with E-state index in [-0.39, 0.29) is 11.9 Å². The minimum absolute atomic E-state index is 0.0161. The second-order valence-electron chi connectivity index (χ2n) is 9.99. The van der Waals surface area contributed by atoms with E-state index in [1.807, 2.05) is 37.3 Å². The molecule has 0 bridgehead atoms. The van der Waals surface area contributed by atoms with E-state index in [1.165, 1.54) is 5.56 Å². The number of benzene rings is 3. The van der Waals surface area contributed by atoms with Gasteiger partial charge in [-0.1, -0.05) is 65.7 Å². The van der Waals surface area contributed by atoms with Gasteiger partial charge in [-0.2, -0.15) is 10.1 Å². The zero-order valence-corrected chi connectivity index (χ0v) is 20.9. The molecule has 1 spiro atoms. The fourth-order valence-corrected chi connectivity index (χ4v) is 6.15. The molecule has 178 valence electrons. The van der Waals surface area contributed by atoms with Gasteiger partial charge < -0.3 is 4.90 Å². The lowest BCUT2D eigenvalue weighted by atomic mass is 9.67. The van der Waals surface area contributed by atoms with Gasteiger partial charge in [0, 0.05) is 36.9 Å². The van der Waals surface area contributed by atoms with Crippen LogP contribution < -0.4 is 9.91 Å². The van der Waals surface area contributed by atoms with E-state index < -0.39 is 5.41 Å². The van der Waals surface area contributed by atoms with Crippen molar-refractivity contribution >= 4 is 34.6 Å². The second kappa shape index (κ2) is 8.51. The van der Waals surface area contributed by atoms with Crippen LogP contribution in [0.2, 0.25) is 5.02 Å². The normalized spacial score (nSPS) is 23.9. The van der Waals surface area contributed by atoms with E-state index in [2.05, 4.69) is 59.2 Å². The van der Waals surface area contributed by atoms with Crippen LogP contribution in [0.4, 0.5) is 11.4 Å².